The van der Waals surface area contributed by atoms with Gasteiger partial charge in [0.05, 0.1) is 23.1 Å². The molecule has 9 heteroatoms. The summed E-state index contributed by atoms with van der Waals surface area (Å²) in [4.78, 5) is 43.6. The smallest absolute Gasteiger partial charge is 0.338 e. The number of nitrogens with one attached hydrogen (secondary N) is 1. The lowest BCUT2D eigenvalue weighted by molar-refractivity contribution is 0.0495. The van der Waals surface area contributed by atoms with Crippen molar-refractivity contribution < 1.29 is 14.1 Å². The minimum absolute atomic E-state index is 0.0716. The van der Waals surface area contributed by atoms with Gasteiger partial charge in [0.15, 0.2) is 5.82 Å². The fraction of sp³-hybridized carbons (Fsp3) is 0.190. The Labute approximate surface area is 169 Å². The molecule has 0 saturated heterocycles. The van der Waals surface area contributed by atoms with E-state index in [-0.39, 0.29) is 18.7 Å². The molecule has 0 aliphatic rings. The fourth-order valence-electron chi connectivity index (χ4n) is 3.04. The number of esters is 1. The summed E-state index contributed by atoms with van der Waals surface area (Å²) in [6.45, 7) is 1.93. The first-order valence-corrected chi connectivity index (χ1v) is 9.32. The monoisotopic (exact) mass is 406 g/mol. The number of ether oxygens (including phenoxy) is 1. The number of carbonyl (C=O) groups is 1. The molecule has 0 aliphatic carbocycles. The maximum absolute atomic E-state index is 12.5. The van der Waals surface area contributed by atoms with Crippen LogP contribution in [0.25, 0.3) is 22.4 Å². The molecule has 0 atom stereocenters. The van der Waals surface area contributed by atoms with Crippen molar-refractivity contribution in [3.05, 3.63) is 80.8 Å². The molecule has 2 aromatic heterocycles. The molecular weight excluding hydrogens is 388 g/mol. The highest BCUT2D eigenvalue weighted by Crippen LogP contribution is 2.18. The molecule has 30 heavy (non-hydrogen) atoms. The van der Waals surface area contributed by atoms with Crippen molar-refractivity contribution in [1.82, 2.24) is 19.7 Å². The molecule has 2 aromatic carbocycles. The van der Waals surface area contributed by atoms with Crippen molar-refractivity contribution in [2.45, 2.75) is 19.9 Å². The summed E-state index contributed by atoms with van der Waals surface area (Å²) >= 11 is 0. The molecule has 0 radical (unpaired) electrons. The Hall–Kier alpha value is -4.01. The lowest BCUT2D eigenvalue weighted by atomic mass is 10.1. The Morgan fingerprint density at radius 3 is 2.63 bits per heavy atom. The van der Waals surface area contributed by atoms with Gasteiger partial charge in [-0.3, -0.25) is 9.36 Å². The third kappa shape index (κ3) is 3.90. The summed E-state index contributed by atoms with van der Waals surface area (Å²) in [6, 6.07) is 13.4. The predicted octanol–water partition coefficient (Wildman–Crippen LogP) is 2.30. The van der Waals surface area contributed by atoms with E-state index in [1.165, 1.54) is 0 Å². The van der Waals surface area contributed by atoms with Crippen LogP contribution in [0, 0.1) is 6.92 Å². The molecule has 152 valence electrons. The average molecular weight is 406 g/mol. The normalized spacial score (nSPS) is 11.0. The van der Waals surface area contributed by atoms with Crippen LogP contribution in [-0.4, -0.2) is 32.3 Å². The number of carbonyl (C=O) groups excluding carboxylic acids is 1. The number of nitrogens with zero attached hydrogens (tertiary/aromatic N) is 3. The summed E-state index contributed by atoms with van der Waals surface area (Å²) in [5.41, 5.74) is 0.705. The van der Waals surface area contributed by atoms with Crippen LogP contribution in [0.3, 0.4) is 0 Å². The lowest BCUT2D eigenvalue weighted by Gasteiger charge is -2.07. The number of benzene rings is 2. The largest absolute Gasteiger partial charge is 0.462 e. The van der Waals surface area contributed by atoms with E-state index in [1.807, 2.05) is 0 Å². The number of rotatable bonds is 6. The van der Waals surface area contributed by atoms with Gasteiger partial charge in [-0.15, -0.1) is 0 Å². The number of aromatic amines is 1. The zero-order valence-electron chi connectivity index (χ0n) is 16.1. The predicted molar refractivity (Wildman–Crippen MR) is 108 cm³/mol. The standard InChI is InChI=1S/C21H18N4O5/c1-13-22-18(30-24-13)14-7-9-15(10-8-14)20(27)29-12-4-11-25-19(26)16-5-2-3-6-17(16)23-21(25)28/h2-3,5-10H,4,11-12H2,1H3,(H,23,28). The average Bonchev–Trinajstić information content (AvgIpc) is 3.19. The van der Waals surface area contributed by atoms with Crippen LogP contribution in [0.15, 0.2) is 62.6 Å². The first-order valence-electron chi connectivity index (χ1n) is 9.32. The molecule has 0 aliphatic heterocycles. The summed E-state index contributed by atoms with van der Waals surface area (Å²) < 4.78 is 11.4. The van der Waals surface area contributed by atoms with Gasteiger partial charge < -0.3 is 14.2 Å². The Balaban J connectivity index is 1.36. The third-order valence-corrected chi connectivity index (χ3v) is 4.54. The summed E-state index contributed by atoms with van der Waals surface area (Å²) in [5.74, 6) is 0.402. The highest BCUT2D eigenvalue weighted by atomic mass is 16.5. The third-order valence-electron chi connectivity index (χ3n) is 4.54. The zero-order chi connectivity index (χ0) is 21.1. The van der Waals surface area contributed by atoms with Gasteiger partial charge in [-0.2, -0.15) is 4.98 Å². The Kier molecular flexibility index (Phi) is 5.25. The van der Waals surface area contributed by atoms with E-state index in [9.17, 15) is 14.4 Å². The van der Waals surface area contributed by atoms with E-state index >= 15 is 0 Å². The van der Waals surface area contributed by atoms with E-state index in [0.29, 0.717) is 40.2 Å². The van der Waals surface area contributed by atoms with Gasteiger partial charge in [-0.1, -0.05) is 17.3 Å². The van der Waals surface area contributed by atoms with Gasteiger partial charge in [0, 0.05) is 12.1 Å². The van der Waals surface area contributed by atoms with Gasteiger partial charge >= 0.3 is 11.7 Å². The van der Waals surface area contributed by atoms with E-state index in [1.54, 1.807) is 55.5 Å². The fourth-order valence-corrected chi connectivity index (χ4v) is 3.04. The van der Waals surface area contributed by atoms with Gasteiger partial charge in [-0.25, -0.2) is 9.59 Å². The molecule has 2 heterocycles. The van der Waals surface area contributed by atoms with Crippen molar-refractivity contribution in [3.63, 3.8) is 0 Å². The van der Waals surface area contributed by atoms with Crippen LogP contribution >= 0.6 is 0 Å². The molecule has 0 bridgehead atoms. The van der Waals surface area contributed by atoms with Crippen molar-refractivity contribution >= 4 is 16.9 Å². The number of hydrogen-bond acceptors (Lipinski definition) is 7. The first kappa shape index (κ1) is 19.3. The second kappa shape index (κ2) is 8.16. The molecule has 4 aromatic rings. The zero-order valence-corrected chi connectivity index (χ0v) is 16.1. The van der Waals surface area contributed by atoms with Crippen LogP contribution in [0.1, 0.15) is 22.6 Å². The minimum Gasteiger partial charge on any atom is -0.462 e. The number of H-pyrrole nitrogens is 1. The van der Waals surface area contributed by atoms with Gasteiger partial charge in [0.2, 0.25) is 0 Å². The van der Waals surface area contributed by atoms with Crippen molar-refractivity contribution in [2.75, 3.05) is 6.61 Å². The maximum Gasteiger partial charge on any atom is 0.338 e. The number of aromatic nitrogens is 4. The van der Waals surface area contributed by atoms with E-state index in [0.717, 1.165) is 4.57 Å². The summed E-state index contributed by atoms with van der Waals surface area (Å²) in [6.07, 6.45) is 0.326. The van der Waals surface area contributed by atoms with E-state index < -0.39 is 11.7 Å². The Morgan fingerprint density at radius 1 is 1.13 bits per heavy atom. The molecule has 0 spiro atoms. The molecule has 0 fully saturated rings. The highest BCUT2D eigenvalue weighted by molar-refractivity contribution is 5.89. The number of aryl methyl sites for hydroxylation is 1. The van der Waals surface area contributed by atoms with Crippen molar-refractivity contribution in [2.24, 2.45) is 0 Å². The number of fused-ring (bicyclic) bond motifs is 1. The maximum atomic E-state index is 12.5. The van der Waals surface area contributed by atoms with Crippen LogP contribution < -0.4 is 11.2 Å². The summed E-state index contributed by atoms with van der Waals surface area (Å²) in [5, 5.41) is 4.16. The molecular formula is C21H18N4O5. The molecule has 0 amide bonds. The van der Waals surface area contributed by atoms with Crippen LogP contribution in [0.5, 0.6) is 0 Å². The Morgan fingerprint density at radius 2 is 1.90 bits per heavy atom. The number of hydrogen-bond donors (Lipinski definition) is 1. The highest BCUT2D eigenvalue weighted by Gasteiger charge is 2.11. The number of para-hydroxylation sites is 1. The second-order valence-electron chi connectivity index (χ2n) is 6.65. The quantitative estimate of drug-likeness (QED) is 0.385. The minimum atomic E-state index is -0.497. The van der Waals surface area contributed by atoms with E-state index in [4.69, 9.17) is 9.26 Å². The van der Waals surface area contributed by atoms with Gasteiger partial charge in [0.25, 0.3) is 11.4 Å². The molecule has 0 unspecified atom stereocenters. The Bertz CT molecular complexity index is 1320. The lowest BCUT2D eigenvalue weighted by Crippen LogP contribution is -2.35. The van der Waals surface area contributed by atoms with Crippen molar-refractivity contribution in [3.8, 4) is 11.5 Å². The van der Waals surface area contributed by atoms with Crippen LogP contribution in [0.4, 0.5) is 0 Å². The van der Waals surface area contributed by atoms with Crippen molar-refractivity contribution in [1.29, 1.82) is 0 Å². The summed E-state index contributed by atoms with van der Waals surface area (Å²) in [7, 11) is 0. The molecule has 9 nitrogen and oxygen atoms in total. The second-order valence-corrected chi connectivity index (χ2v) is 6.65. The first-order chi connectivity index (χ1) is 14.5. The van der Waals surface area contributed by atoms with Crippen LogP contribution in [-0.2, 0) is 11.3 Å². The molecule has 1 N–H and O–H groups in total. The molecule has 4 rings (SSSR count). The molecule has 0 saturated carbocycles. The van der Waals surface area contributed by atoms with E-state index in [2.05, 4.69) is 15.1 Å². The van der Waals surface area contributed by atoms with Gasteiger partial charge in [-0.05, 0) is 49.7 Å². The van der Waals surface area contributed by atoms with Crippen LogP contribution in [0.2, 0.25) is 0 Å². The van der Waals surface area contributed by atoms with Gasteiger partial charge in [0.1, 0.15) is 0 Å². The SMILES string of the molecule is Cc1noc(-c2ccc(C(=O)OCCCn3c(=O)[nH]c4ccccc4c3=O)cc2)n1. The topological polar surface area (TPSA) is 120 Å².